The Labute approximate surface area is 98.9 Å². The summed E-state index contributed by atoms with van der Waals surface area (Å²) in [7, 11) is 0. The monoisotopic (exact) mass is 222 g/mol. The summed E-state index contributed by atoms with van der Waals surface area (Å²) in [5.41, 5.74) is 1.97. The standard InChI is InChI=1S/C15H23F/c1-11(2)5-7-14-8-6-13(9-12(3)4)10-15(14)16/h6,8,10-12H,5,7,9H2,1-4H3. The Morgan fingerprint density at radius 2 is 1.75 bits per heavy atom. The highest BCUT2D eigenvalue weighted by Gasteiger charge is 2.06. The molecule has 0 spiro atoms. The molecule has 0 N–H and O–H groups in total. The summed E-state index contributed by atoms with van der Waals surface area (Å²) in [4.78, 5) is 0. The maximum Gasteiger partial charge on any atom is 0.126 e. The van der Waals surface area contributed by atoms with E-state index in [2.05, 4.69) is 33.8 Å². The first-order chi connectivity index (χ1) is 7.49. The zero-order chi connectivity index (χ0) is 12.1. The molecule has 0 amide bonds. The molecule has 1 rings (SSSR count). The van der Waals surface area contributed by atoms with Gasteiger partial charge in [-0.2, -0.15) is 0 Å². The van der Waals surface area contributed by atoms with Gasteiger partial charge in [0, 0.05) is 0 Å². The Morgan fingerprint density at radius 3 is 2.25 bits per heavy atom. The average molecular weight is 222 g/mol. The van der Waals surface area contributed by atoms with Crippen molar-refractivity contribution in [2.45, 2.75) is 47.0 Å². The van der Waals surface area contributed by atoms with Crippen LogP contribution < -0.4 is 0 Å². The minimum absolute atomic E-state index is 0.0289. The molecular weight excluding hydrogens is 199 g/mol. The third-order valence-corrected chi connectivity index (χ3v) is 2.75. The third kappa shape index (κ3) is 4.34. The fourth-order valence-corrected chi connectivity index (χ4v) is 1.84. The average Bonchev–Trinajstić information content (AvgIpc) is 2.15. The fourth-order valence-electron chi connectivity index (χ4n) is 1.84. The quantitative estimate of drug-likeness (QED) is 0.682. The molecule has 0 atom stereocenters. The highest BCUT2D eigenvalue weighted by molar-refractivity contribution is 5.24. The van der Waals surface area contributed by atoms with Gasteiger partial charge in [0.05, 0.1) is 0 Å². The predicted octanol–water partition coefficient (Wildman–Crippen LogP) is 4.61. The molecule has 0 aliphatic heterocycles. The summed E-state index contributed by atoms with van der Waals surface area (Å²) in [5, 5.41) is 0. The molecule has 1 aromatic carbocycles. The fraction of sp³-hybridized carbons (Fsp3) is 0.600. The molecule has 0 nitrogen and oxygen atoms in total. The van der Waals surface area contributed by atoms with Gasteiger partial charge in [-0.15, -0.1) is 0 Å². The molecule has 0 radical (unpaired) electrons. The van der Waals surface area contributed by atoms with Crippen LogP contribution in [0, 0.1) is 17.7 Å². The SMILES string of the molecule is CC(C)CCc1ccc(CC(C)C)cc1F. The van der Waals surface area contributed by atoms with Gasteiger partial charge in [0.2, 0.25) is 0 Å². The first kappa shape index (κ1) is 13.2. The summed E-state index contributed by atoms with van der Waals surface area (Å²) in [6.07, 6.45) is 2.87. The molecule has 0 fully saturated rings. The molecule has 90 valence electrons. The van der Waals surface area contributed by atoms with Crippen molar-refractivity contribution < 1.29 is 4.39 Å². The van der Waals surface area contributed by atoms with Crippen LogP contribution in [0.5, 0.6) is 0 Å². The first-order valence-corrected chi connectivity index (χ1v) is 6.26. The highest BCUT2D eigenvalue weighted by atomic mass is 19.1. The lowest BCUT2D eigenvalue weighted by molar-refractivity contribution is 0.555. The maximum absolute atomic E-state index is 13.8. The molecular formula is C15H23F. The van der Waals surface area contributed by atoms with Crippen molar-refractivity contribution in [1.29, 1.82) is 0 Å². The van der Waals surface area contributed by atoms with E-state index in [9.17, 15) is 4.39 Å². The molecule has 0 unspecified atom stereocenters. The minimum atomic E-state index is -0.0289. The van der Waals surface area contributed by atoms with Gasteiger partial charge in [0.25, 0.3) is 0 Å². The lowest BCUT2D eigenvalue weighted by Gasteiger charge is -2.09. The van der Waals surface area contributed by atoms with Crippen LogP contribution in [0.2, 0.25) is 0 Å². The molecule has 0 aliphatic rings. The van der Waals surface area contributed by atoms with Crippen molar-refractivity contribution in [3.05, 3.63) is 35.1 Å². The van der Waals surface area contributed by atoms with Crippen LogP contribution >= 0.6 is 0 Å². The van der Waals surface area contributed by atoms with E-state index >= 15 is 0 Å². The van der Waals surface area contributed by atoms with Gasteiger partial charge < -0.3 is 0 Å². The van der Waals surface area contributed by atoms with E-state index in [0.29, 0.717) is 11.8 Å². The number of rotatable bonds is 5. The van der Waals surface area contributed by atoms with E-state index in [1.807, 2.05) is 6.07 Å². The molecule has 0 heterocycles. The second-order valence-electron chi connectivity index (χ2n) is 5.46. The van der Waals surface area contributed by atoms with Gasteiger partial charge in [0.15, 0.2) is 0 Å². The second kappa shape index (κ2) is 6.03. The van der Waals surface area contributed by atoms with Crippen molar-refractivity contribution in [2.75, 3.05) is 0 Å². The van der Waals surface area contributed by atoms with Gasteiger partial charge in [-0.25, -0.2) is 4.39 Å². The Hall–Kier alpha value is -0.850. The van der Waals surface area contributed by atoms with E-state index in [1.54, 1.807) is 6.07 Å². The lowest BCUT2D eigenvalue weighted by atomic mass is 9.98. The van der Waals surface area contributed by atoms with Gasteiger partial charge in [0.1, 0.15) is 5.82 Å². The highest BCUT2D eigenvalue weighted by Crippen LogP contribution is 2.16. The molecule has 0 bridgehead atoms. The van der Waals surface area contributed by atoms with Gasteiger partial charge in [-0.05, 0) is 48.3 Å². The van der Waals surface area contributed by atoms with Crippen molar-refractivity contribution in [1.82, 2.24) is 0 Å². The molecule has 0 saturated carbocycles. The Bertz CT molecular complexity index is 326. The van der Waals surface area contributed by atoms with Gasteiger partial charge in [-0.3, -0.25) is 0 Å². The Morgan fingerprint density at radius 1 is 1.06 bits per heavy atom. The summed E-state index contributed by atoms with van der Waals surface area (Å²) < 4.78 is 13.8. The van der Waals surface area contributed by atoms with Crippen molar-refractivity contribution in [3.63, 3.8) is 0 Å². The molecule has 1 heteroatoms. The number of aryl methyl sites for hydroxylation is 1. The van der Waals surface area contributed by atoms with Crippen molar-refractivity contribution in [3.8, 4) is 0 Å². The van der Waals surface area contributed by atoms with Crippen LogP contribution in [-0.4, -0.2) is 0 Å². The first-order valence-electron chi connectivity index (χ1n) is 6.26. The molecule has 1 aromatic rings. The molecule has 16 heavy (non-hydrogen) atoms. The number of benzene rings is 1. The predicted molar refractivity (Wildman–Crippen MR) is 68.1 cm³/mol. The minimum Gasteiger partial charge on any atom is -0.207 e. The van der Waals surface area contributed by atoms with Gasteiger partial charge in [-0.1, -0.05) is 39.8 Å². The number of hydrogen-bond donors (Lipinski definition) is 0. The van der Waals surface area contributed by atoms with E-state index in [1.165, 1.54) is 0 Å². The summed E-state index contributed by atoms with van der Waals surface area (Å²) in [5.74, 6) is 1.19. The van der Waals surface area contributed by atoms with Crippen LogP contribution in [-0.2, 0) is 12.8 Å². The van der Waals surface area contributed by atoms with Crippen LogP contribution in [0.4, 0.5) is 4.39 Å². The van der Waals surface area contributed by atoms with Crippen LogP contribution in [0.15, 0.2) is 18.2 Å². The van der Waals surface area contributed by atoms with Crippen molar-refractivity contribution in [2.24, 2.45) is 11.8 Å². The van der Waals surface area contributed by atoms with E-state index in [0.717, 1.165) is 30.4 Å². The molecule has 0 aromatic heterocycles. The van der Waals surface area contributed by atoms with Gasteiger partial charge >= 0.3 is 0 Å². The van der Waals surface area contributed by atoms with Crippen LogP contribution in [0.3, 0.4) is 0 Å². The van der Waals surface area contributed by atoms with E-state index < -0.39 is 0 Å². The molecule has 0 saturated heterocycles. The van der Waals surface area contributed by atoms with Crippen LogP contribution in [0.25, 0.3) is 0 Å². The summed E-state index contributed by atoms with van der Waals surface area (Å²) in [6, 6.07) is 5.73. The van der Waals surface area contributed by atoms with E-state index in [-0.39, 0.29) is 5.82 Å². The summed E-state index contributed by atoms with van der Waals surface area (Å²) in [6.45, 7) is 8.66. The smallest absolute Gasteiger partial charge is 0.126 e. The largest absolute Gasteiger partial charge is 0.207 e. The Balaban J connectivity index is 2.67. The maximum atomic E-state index is 13.8. The summed E-state index contributed by atoms with van der Waals surface area (Å²) >= 11 is 0. The second-order valence-corrected chi connectivity index (χ2v) is 5.46. The third-order valence-electron chi connectivity index (χ3n) is 2.75. The van der Waals surface area contributed by atoms with Crippen LogP contribution in [0.1, 0.15) is 45.2 Å². The molecule has 0 aliphatic carbocycles. The zero-order valence-corrected chi connectivity index (χ0v) is 10.9. The lowest BCUT2D eigenvalue weighted by Crippen LogP contribution is -1.99. The Kier molecular flexibility index (Phi) is 4.98. The zero-order valence-electron chi connectivity index (χ0n) is 10.9. The number of halogens is 1. The van der Waals surface area contributed by atoms with Crippen molar-refractivity contribution >= 4 is 0 Å². The number of hydrogen-bond acceptors (Lipinski definition) is 0. The normalized spacial score (nSPS) is 11.4. The van der Waals surface area contributed by atoms with E-state index in [4.69, 9.17) is 0 Å². The topological polar surface area (TPSA) is 0 Å².